The van der Waals surface area contributed by atoms with Gasteiger partial charge in [-0.2, -0.15) is 0 Å². The molecule has 0 aliphatic heterocycles. The molecule has 12 aromatic rings. The molecule has 2 bridgehead atoms. The first-order chi connectivity index (χ1) is 34.2. The molecule has 6 heteroatoms. The Hall–Kier alpha value is -9.13. The normalized spacial score (nSPS) is 14.4. The summed E-state index contributed by atoms with van der Waals surface area (Å²) < 4.78 is 6.16. The second-order valence-corrected chi connectivity index (χ2v) is 17.9. The lowest BCUT2D eigenvalue weighted by Gasteiger charge is -2.42. The monoisotopic (exact) mass is 881 g/mol. The molecule has 2 unspecified atom stereocenters. The minimum Gasteiger partial charge on any atom is -0.456 e. The number of fused-ring (bicyclic) bond motifs is 3. The molecule has 3 aliphatic rings. The van der Waals surface area contributed by atoms with Crippen LogP contribution >= 0.6 is 0 Å². The summed E-state index contributed by atoms with van der Waals surface area (Å²) in [5.41, 5.74) is 19.5. The minimum atomic E-state index is 0.0389. The standard InChI is InChI=1S/C63H39N5O/c1-4-15-38(16-5-1)60-64-54(43-22-14-21-41(33-43)42-29-32-57-51(34-42)46-23-12-13-26-56(46)69-57)37-55(65-60)44-27-30-49-52(35-44)58-47-24-10-11-25-48(47)59(49)53-36-45(28-31-50(53)58)63-67-61(39-17-6-2-7-18-39)66-62(68-63)40-19-8-3-9-20-40/h1-37,58-59H. The minimum absolute atomic E-state index is 0.0389. The molecule has 0 spiro atoms. The van der Waals surface area contributed by atoms with Gasteiger partial charge in [-0.3, -0.25) is 0 Å². The number of aromatic nitrogens is 5. The van der Waals surface area contributed by atoms with Crippen molar-refractivity contribution in [3.63, 3.8) is 0 Å². The molecule has 0 saturated carbocycles. The second-order valence-electron chi connectivity index (χ2n) is 17.9. The van der Waals surface area contributed by atoms with Gasteiger partial charge in [-0.15, -0.1) is 0 Å². The van der Waals surface area contributed by atoms with Crippen molar-refractivity contribution < 1.29 is 4.42 Å². The lowest BCUT2D eigenvalue weighted by molar-refractivity contribution is 0.669. The van der Waals surface area contributed by atoms with Crippen LogP contribution in [0.2, 0.25) is 0 Å². The lowest BCUT2D eigenvalue weighted by Crippen LogP contribution is -2.27. The fourth-order valence-corrected chi connectivity index (χ4v) is 10.7. The fraction of sp³-hybridized carbons (Fsp3) is 0.0317. The van der Waals surface area contributed by atoms with Crippen LogP contribution < -0.4 is 0 Å². The summed E-state index contributed by atoms with van der Waals surface area (Å²) in [7, 11) is 0. The number of furan rings is 1. The van der Waals surface area contributed by atoms with Crippen molar-refractivity contribution in [3.8, 4) is 79.2 Å². The van der Waals surface area contributed by atoms with E-state index in [1.165, 1.54) is 33.4 Å². The molecule has 0 N–H and O–H groups in total. The van der Waals surface area contributed by atoms with E-state index in [1.54, 1.807) is 0 Å². The van der Waals surface area contributed by atoms with Crippen LogP contribution in [0, 0.1) is 0 Å². The van der Waals surface area contributed by atoms with Gasteiger partial charge in [-0.05, 0) is 87.0 Å². The highest BCUT2D eigenvalue weighted by atomic mass is 16.3. The first kappa shape index (κ1) is 39.1. The van der Waals surface area contributed by atoms with Gasteiger partial charge in [0, 0.05) is 56.0 Å². The molecule has 9 aromatic carbocycles. The highest BCUT2D eigenvalue weighted by molar-refractivity contribution is 6.06. The number of para-hydroxylation sites is 1. The van der Waals surface area contributed by atoms with Crippen molar-refractivity contribution in [2.24, 2.45) is 0 Å². The summed E-state index contributed by atoms with van der Waals surface area (Å²) in [6, 6.07) is 78.8. The quantitative estimate of drug-likeness (QED) is 0.159. The average Bonchev–Trinajstić information content (AvgIpc) is 3.81. The van der Waals surface area contributed by atoms with Crippen LogP contribution in [-0.2, 0) is 0 Å². The number of rotatable bonds is 7. The Kier molecular flexibility index (Phi) is 8.92. The molecule has 3 aromatic heterocycles. The van der Waals surface area contributed by atoms with Crippen molar-refractivity contribution in [2.45, 2.75) is 11.8 Å². The predicted octanol–water partition coefficient (Wildman–Crippen LogP) is 15.2. The van der Waals surface area contributed by atoms with Crippen molar-refractivity contribution in [3.05, 3.63) is 258 Å². The van der Waals surface area contributed by atoms with Gasteiger partial charge in [0.05, 0.1) is 11.4 Å². The molecular formula is C63H39N5O. The molecule has 3 heterocycles. The number of hydrogen-bond acceptors (Lipinski definition) is 6. The fourth-order valence-electron chi connectivity index (χ4n) is 10.7. The molecule has 0 fully saturated rings. The van der Waals surface area contributed by atoms with E-state index >= 15 is 0 Å². The van der Waals surface area contributed by atoms with Gasteiger partial charge in [0.2, 0.25) is 0 Å². The third-order valence-corrected chi connectivity index (χ3v) is 13.9. The summed E-state index contributed by atoms with van der Waals surface area (Å²) in [4.78, 5) is 25.7. The van der Waals surface area contributed by atoms with Crippen LogP contribution in [0.4, 0.5) is 0 Å². The molecule has 3 aliphatic carbocycles. The summed E-state index contributed by atoms with van der Waals surface area (Å²) in [6.07, 6.45) is 0. The summed E-state index contributed by atoms with van der Waals surface area (Å²) >= 11 is 0. The van der Waals surface area contributed by atoms with Gasteiger partial charge < -0.3 is 4.42 Å². The third-order valence-electron chi connectivity index (χ3n) is 13.9. The van der Waals surface area contributed by atoms with Gasteiger partial charge in [-0.25, -0.2) is 24.9 Å². The lowest BCUT2D eigenvalue weighted by atomic mass is 9.60. The first-order valence-corrected chi connectivity index (χ1v) is 23.4. The van der Waals surface area contributed by atoms with Crippen LogP contribution in [0.15, 0.2) is 229 Å². The van der Waals surface area contributed by atoms with Crippen LogP contribution in [0.5, 0.6) is 0 Å². The largest absolute Gasteiger partial charge is 0.456 e. The summed E-state index contributed by atoms with van der Waals surface area (Å²) in [5, 5.41) is 2.22. The maximum Gasteiger partial charge on any atom is 0.164 e. The van der Waals surface area contributed by atoms with Gasteiger partial charge in [-0.1, -0.05) is 182 Å². The van der Waals surface area contributed by atoms with Gasteiger partial charge >= 0.3 is 0 Å². The number of nitrogens with zero attached hydrogens (tertiary/aromatic N) is 5. The number of benzene rings is 9. The molecule has 69 heavy (non-hydrogen) atoms. The Balaban J connectivity index is 0.874. The van der Waals surface area contributed by atoms with Crippen molar-refractivity contribution in [1.29, 1.82) is 0 Å². The zero-order valence-corrected chi connectivity index (χ0v) is 37.2. The Morgan fingerprint density at radius 3 is 1.29 bits per heavy atom. The van der Waals surface area contributed by atoms with Crippen LogP contribution in [0.1, 0.15) is 45.2 Å². The molecule has 6 nitrogen and oxygen atoms in total. The van der Waals surface area contributed by atoms with Crippen LogP contribution in [0.3, 0.4) is 0 Å². The van der Waals surface area contributed by atoms with Gasteiger partial charge in [0.1, 0.15) is 11.2 Å². The smallest absolute Gasteiger partial charge is 0.164 e. The Labute approximate surface area is 398 Å². The van der Waals surface area contributed by atoms with E-state index in [-0.39, 0.29) is 11.8 Å². The van der Waals surface area contributed by atoms with Gasteiger partial charge in [0.25, 0.3) is 0 Å². The summed E-state index contributed by atoms with van der Waals surface area (Å²) in [5.74, 6) is 2.73. The third kappa shape index (κ3) is 6.60. The maximum absolute atomic E-state index is 6.16. The molecule has 0 amide bonds. The van der Waals surface area contributed by atoms with Crippen molar-refractivity contribution in [2.75, 3.05) is 0 Å². The molecule has 0 saturated heterocycles. The maximum atomic E-state index is 6.16. The van der Waals surface area contributed by atoms with Crippen molar-refractivity contribution >= 4 is 21.9 Å². The highest BCUT2D eigenvalue weighted by Gasteiger charge is 2.41. The van der Waals surface area contributed by atoms with Gasteiger partial charge in [0.15, 0.2) is 23.3 Å². The zero-order valence-electron chi connectivity index (χ0n) is 37.2. The highest BCUT2D eigenvalue weighted by Crippen LogP contribution is 2.56. The van der Waals surface area contributed by atoms with Crippen molar-refractivity contribution in [1.82, 2.24) is 24.9 Å². The second kappa shape index (κ2) is 15.8. The van der Waals surface area contributed by atoms with Crippen LogP contribution in [-0.4, -0.2) is 24.9 Å². The van der Waals surface area contributed by atoms with E-state index in [1.807, 2.05) is 66.7 Å². The Morgan fingerprint density at radius 2 is 0.667 bits per heavy atom. The molecule has 2 atom stereocenters. The van der Waals surface area contributed by atoms with E-state index in [0.29, 0.717) is 23.3 Å². The van der Waals surface area contributed by atoms with E-state index in [0.717, 1.165) is 77.8 Å². The molecular weight excluding hydrogens is 843 g/mol. The zero-order chi connectivity index (χ0) is 45.4. The number of hydrogen-bond donors (Lipinski definition) is 0. The van der Waals surface area contributed by atoms with E-state index in [4.69, 9.17) is 29.3 Å². The van der Waals surface area contributed by atoms with E-state index in [2.05, 4.69) is 158 Å². The molecule has 322 valence electrons. The Morgan fingerprint density at radius 1 is 0.246 bits per heavy atom. The average molecular weight is 882 g/mol. The van der Waals surface area contributed by atoms with E-state index < -0.39 is 0 Å². The topological polar surface area (TPSA) is 77.6 Å². The Bertz CT molecular complexity index is 3920. The SMILES string of the molecule is c1ccc(-c2nc(-c3cccc(-c4ccc5oc6ccccc6c5c4)c3)cc(-c3ccc4c(c3)C3c5ccccc5C4c4cc(-c5nc(-c6ccccc6)nc(-c6ccccc6)n5)ccc43)n2)cc1. The predicted molar refractivity (Wildman–Crippen MR) is 276 cm³/mol. The molecule has 15 rings (SSSR count). The first-order valence-electron chi connectivity index (χ1n) is 23.4. The molecule has 0 radical (unpaired) electrons. The summed E-state index contributed by atoms with van der Waals surface area (Å²) in [6.45, 7) is 0. The van der Waals surface area contributed by atoms with E-state index in [9.17, 15) is 0 Å². The van der Waals surface area contributed by atoms with Crippen LogP contribution in [0.25, 0.3) is 101 Å².